The van der Waals surface area contributed by atoms with Gasteiger partial charge in [0.2, 0.25) is 0 Å². The van der Waals surface area contributed by atoms with E-state index in [0.717, 1.165) is 27.5 Å². The molecule has 0 aliphatic heterocycles. The number of fused-ring (bicyclic) bond motifs is 8. The van der Waals surface area contributed by atoms with E-state index in [0.29, 0.717) is 53.9 Å². The van der Waals surface area contributed by atoms with E-state index in [4.69, 9.17) is 27.6 Å². The lowest BCUT2D eigenvalue weighted by molar-refractivity contribution is 0.669. The van der Waals surface area contributed by atoms with Crippen LogP contribution in [-0.4, -0.2) is 15.0 Å². The number of nitrogens with zero attached hydrogens (tertiary/aromatic N) is 3. The van der Waals surface area contributed by atoms with Gasteiger partial charge < -0.3 is 4.42 Å². The van der Waals surface area contributed by atoms with Crippen LogP contribution in [0.2, 0.25) is 0 Å². The topological polar surface area (TPSA) is 51.8 Å². The zero-order chi connectivity index (χ0) is 37.7. The zero-order valence-corrected chi connectivity index (χ0v) is 25.9. The highest BCUT2D eigenvalue weighted by Gasteiger charge is 2.19. The molecule has 0 atom stereocenters. The van der Waals surface area contributed by atoms with Crippen LogP contribution in [0.1, 0.15) is 9.60 Å². The Hall–Kier alpha value is -6.17. The summed E-state index contributed by atoms with van der Waals surface area (Å²) in [5.41, 5.74) is 5.09. The van der Waals surface area contributed by atoms with Gasteiger partial charge >= 0.3 is 0 Å². The summed E-state index contributed by atoms with van der Waals surface area (Å²) in [6.45, 7) is 0. The third kappa shape index (κ3) is 4.33. The molecule has 3 heterocycles. The molecule has 224 valence electrons. The fraction of sp³-hybridized carbons (Fsp3) is 0. The van der Waals surface area contributed by atoms with Crippen molar-refractivity contribution >= 4 is 64.2 Å². The summed E-state index contributed by atoms with van der Waals surface area (Å²) in [7, 11) is 0. The monoisotopic (exact) mass is 638 g/mol. The van der Waals surface area contributed by atoms with Crippen LogP contribution in [0, 0.1) is 0 Å². The largest absolute Gasteiger partial charge is 0.456 e. The van der Waals surface area contributed by atoms with Gasteiger partial charge in [-0.3, -0.25) is 0 Å². The van der Waals surface area contributed by atoms with Crippen LogP contribution >= 0.6 is 11.3 Å². The fourth-order valence-corrected chi connectivity index (χ4v) is 7.49. The fourth-order valence-electron chi connectivity index (χ4n) is 6.32. The molecule has 0 unspecified atom stereocenters. The second-order valence-corrected chi connectivity index (χ2v) is 12.5. The van der Waals surface area contributed by atoms with Crippen molar-refractivity contribution < 1.29 is 14.0 Å². The molecule has 10 aromatic rings. The minimum atomic E-state index is -0.313. The summed E-state index contributed by atoms with van der Waals surface area (Å²) in [5.74, 6) is 0.787. The van der Waals surface area contributed by atoms with Gasteiger partial charge in [0.05, 0.1) is 9.60 Å². The molecule has 0 spiro atoms. The molecular formula is C43H25N3OS. The normalized spacial score (nSPS) is 13.8. The highest BCUT2D eigenvalue weighted by atomic mass is 32.1. The molecule has 0 amide bonds. The number of hydrogen-bond acceptors (Lipinski definition) is 5. The van der Waals surface area contributed by atoms with E-state index < -0.39 is 0 Å². The van der Waals surface area contributed by atoms with Crippen molar-refractivity contribution in [1.82, 2.24) is 15.0 Å². The van der Waals surface area contributed by atoms with Gasteiger partial charge in [-0.15, -0.1) is 11.3 Å². The van der Waals surface area contributed by atoms with Crippen molar-refractivity contribution in [2.75, 3.05) is 0 Å². The number of furan rings is 1. The van der Waals surface area contributed by atoms with Crippen molar-refractivity contribution in [3.63, 3.8) is 0 Å². The molecule has 48 heavy (non-hydrogen) atoms. The van der Waals surface area contributed by atoms with Gasteiger partial charge in [0.1, 0.15) is 11.2 Å². The molecule has 0 saturated carbocycles. The molecule has 3 aromatic heterocycles. The Morgan fingerprint density at radius 1 is 0.500 bits per heavy atom. The Bertz CT molecular complexity index is 3240. The van der Waals surface area contributed by atoms with Gasteiger partial charge in [-0.25, -0.2) is 15.0 Å². The molecule has 4 nitrogen and oxygen atoms in total. The Balaban J connectivity index is 1.23. The third-order valence-electron chi connectivity index (χ3n) is 8.62. The molecule has 10 rings (SSSR count). The zero-order valence-electron chi connectivity index (χ0n) is 32.1. The minimum absolute atomic E-state index is 0.0754. The minimum Gasteiger partial charge on any atom is -0.456 e. The molecule has 7 aromatic carbocycles. The van der Waals surface area contributed by atoms with Gasteiger partial charge in [0, 0.05) is 47.6 Å². The average Bonchev–Trinajstić information content (AvgIpc) is 3.77. The predicted molar refractivity (Wildman–Crippen MR) is 199 cm³/mol. The summed E-state index contributed by atoms with van der Waals surface area (Å²) in [4.78, 5) is 14.7. The first-order chi connectivity index (χ1) is 26.7. The van der Waals surface area contributed by atoms with Crippen LogP contribution in [0.3, 0.4) is 0 Å². The SMILES string of the molecule is [2H]c1cc2c(c([2H])c1[2H])c([2H])c([2H])c1c2sc2cc([2H])c([2H])c(-c3nc(-c4ccccc4)nc(-c4ccc5c(c4)oc4cc(-c6ccccc6)ccc45)n3)c21. The second-order valence-electron chi connectivity index (χ2n) is 11.5. The first-order valence-corrected chi connectivity index (χ1v) is 16.2. The van der Waals surface area contributed by atoms with Crippen LogP contribution in [0.5, 0.6) is 0 Å². The maximum absolute atomic E-state index is 9.22. The van der Waals surface area contributed by atoms with E-state index in [2.05, 4.69) is 24.3 Å². The van der Waals surface area contributed by atoms with Crippen molar-refractivity contribution in [2.24, 2.45) is 0 Å². The third-order valence-corrected chi connectivity index (χ3v) is 9.79. The number of hydrogen-bond donors (Lipinski definition) is 0. The summed E-state index contributed by atoms with van der Waals surface area (Å²) < 4.78 is 68.8. The van der Waals surface area contributed by atoms with E-state index in [-0.39, 0.29) is 59.1 Å². The maximum atomic E-state index is 9.22. The molecular weight excluding hydrogens is 607 g/mol. The van der Waals surface area contributed by atoms with Crippen molar-refractivity contribution in [2.45, 2.75) is 0 Å². The quantitative estimate of drug-likeness (QED) is 0.192. The molecule has 0 bridgehead atoms. The van der Waals surface area contributed by atoms with E-state index in [1.165, 1.54) is 17.4 Å². The summed E-state index contributed by atoms with van der Waals surface area (Å²) in [5, 5.41) is 3.22. The van der Waals surface area contributed by atoms with Gasteiger partial charge in [-0.2, -0.15) is 0 Å². The highest BCUT2D eigenvalue weighted by Crippen LogP contribution is 2.43. The number of aromatic nitrogens is 3. The van der Waals surface area contributed by atoms with Crippen LogP contribution in [0.15, 0.2) is 156 Å². The smallest absolute Gasteiger partial charge is 0.164 e. The Morgan fingerprint density at radius 2 is 1.19 bits per heavy atom. The van der Waals surface area contributed by atoms with Crippen LogP contribution in [-0.2, 0) is 0 Å². The van der Waals surface area contributed by atoms with Crippen molar-refractivity contribution in [3.05, 3.63) is 151 Å². The van der Waals surface area contributed by atoms with E-state index in [1.807, 2.05) is 72.8 Å². The molecule has 0 N–H and O–H groups in total. The van der Waals surface area contributed by atoms with Gasteiger partial charge in [-0.05, 0) is 52.2 Å². The van der Waals surface area contributed by atoms with Crippen LogP contribution < -0.4 is 0 Å². The standard InChI is InChI=1S/C43H25N3OS/c1-3-10-26(11-4-1)29-19-21-32-33-22-20-30(25-37(33)47-36(32)24-29)42-44-41(28-13-5-2-6-14-28)45-43(46-42)35-16-9-17-38-39(35)34-23-18-27-12-7-8-15-31(27)40(34)48-38/h1-25H/i7D,8D,9D,12D,16D,18D,23D. The lowest BCUT2D eigenvalue weighted by Gasteiger charge is -2.09. The van der Waals surface area contributed by atoms with E-state index in [9.17, 15) is 1.37 Å². The summed E-state index contributed by atoms with van der Waals surface area (Å²) in [6.07, 6.45) is 0. The van der Waals surface area contributed by atoms with E-state index in [1.54, 1.807) is 6.07 Å². The summed E-state index contributed by atoms with van der Waals surface area (Å²) in [6, 6.07) is 33.1. The van der Waals surface area contributed by atoms with Gasteiger partial charge in [0.15, 0.2) is 17.5 Å². The van der Waals surface area contributed by atoms with E-state index >= 15 is 0 Å². The number of thiophene rings is 1. The average molecular weight is 639 g/mol. The molecule has 0 aliphatic carbocycles. The van der Waals surface area contributed by atoms with Crippen LogP contribution in [0.4, 0.5) is 0 Å². The molecule has 5 heteroatoms. The first kappa shape index (κ1) is 20.9. The Labute approximate surface area is 289 Å². The maximum Gasteiger partial charge on any atom is 0.164 e. The van der Waals surface area contributed by atoms with Gasteiger partial charge in [0.25, 0.3) is 0 Å². The predicted octanol–water partition coefficient (Wildman–Crippen LogP) is 12.0. The van der Waals surface area contributed by atoms with Crippen molar-refractivity contribution in [1.29, 1.82) is 0 Å². The van der Waals surface area contributed by atoms with Crippen molar-refractivity contribution in [3.8, 4) is 45.3 Å². The Morgan fingerprint density at radius 3 is 1.98 bits per heavy atom. The first-order valence-electron chi connectivity index (χ1n) is 18.9. The lowest BCUT2D eigenvalue weighted by atomic mass is 10.0. The molecule has 0 saturated heterocycles. The lowest BCUT2D eigenvalue weighted by Crippen LogP contribution is -2.00. The Kier molecular flexibility index (Phi) is 4.65. The molecule has 0 fully saturated rings. The van der Waals surface area contributed by atoms with Gasteiger partial charge in [-0.1, -0.05) is 121 Å². The number of benzene rings is 7. The molecule has 0 radical (unpaired) electrons. The highest BCUT2D eigenvalue weighted by molar-refractivity contribution is 7.26. The van der Waals surface area contributed by atoms with Crippen LogP contribution in [0.25, 0.3) is 98.2 Å². The number of rotatable bonds is 4. The summed E-state index contributed by atoms with van der Waals surface area (Å²) >= 11 is 1.25. The molecule has 0 aliphatic rings. The second kappa shape index (κ2) is 10.7.